The van der Waals surface area contributed by atoms with Crippen LogP contribution in [0.1, 0.15) is 31.7 Å². The zero-order valence-electron chi connectivity index (χ0n) is 12.5. The number of benzene rings is 1. The lowest BCUT2D eigenvalue weighted by Crippen LogP contribution is -2.13. The van der Waals surface area contributed by atoms with Gasteiger partial charge in [-0.15, -0.1) is 10.2 Å². The van der Waals surface area contributed by atoms with Crippen LogP contribution in [-0.4, -0.2) is 19.6 Å². The smallest absolute Gasteiger partial charge is 0.278 e. The van der Waals surface area contributed by atoms with Crippen molar-refractivity contribution < 1.29 is 8.78 Å². The molecule has 0 aliphatic carbocycles. The van der Waals surface area contributed by atoms with Gasteiger partial charge in [0.25, 0.3) is 6.43 Å². The van der Waals surface area contributed by atoms with Gasteiger partial charge in [0.05, 0.1) is 23.4 Å². The van der Waals surface area contributed by atoms with Gasteiger partial charge in [-0.05, 0) is 19.4 Å². The van der Waals surface area contributed by atoms with Gasteiger partial charge in [0.15, 0.2) is 5.65 Å². The summed E-state index contributed by atoms with van der Waals surface area (Å²) >= 11 is 0. The van der Waals surface area contributed by atoms with Crippen LogP contribution in [0, 0.1) is 11.3 Å². The summed E-state index contributed by atoms with van der Waals surface area (Å²) in [5.41, 5.74) is 1.85. The van der Waals surface area contributed by atoms with E-state index in [1.54, 1.807) is 0 Å². The molecule has 3 aromatic rings. The molecular weight excluding hydrogens is 300 g/mol. The SMILES string of the molecule is CC(C)(C#N)c1ccc(-c2cn3c(C(F)F)nnc3cn2)cc1. The van der Waals surface area contributed by atoms with Crippen LogP contribution in [0.4, 0.5) is 8.78 Å². The molecule has 2 aromatic heterocycles. The summed E-state index contributed by atoms with van der Waals surface area (Å²) in [5.74, 6) is -0.411. The summed E-state index contributed by atoms with van der Waals surface area (Å²) in [6.07, 6.45) is 0.182. The fourth-order valence-electron chi connectivity index (χ4n) is 2.24. The predicted octanol–water partition coefficient (Wildman–Crippen LogP) is 3.53. The van der Waals surface area contributed by atoms with Gasteiger partial charge in [-0.2, -0.15) is 5.26 Å². The highest BCUT2D eigenvalue weighted by atomic mass is 19.3. The van der Waals surface area contributed by atoms with Crippen LogP contribution in [0.2, 0.25) is 0 Å². The predicted molar refractivity (Wildman–Crippen MR) is 79.8 cm³/mol. The summed E-state index contributed by atoms with van der Waals surface area (Å²) < 4.78 is 27.1. The zero-order chi connectivity index (χ0) is 16.6. The maximum atomic E-state index is 12.9. The highest BCUT2D eigenvalue weighted by Gasteiger charge is 2.20. The molecule has 3 rings (SSSR count). The highest BCUT2D eigenvalue weighted by Crippen LogP contribution is 2.26. The van der Waals surface area contributed by atoms with Crippen LogP contribution in [0.3, 0.4) is 0 Å². The molecule has 0 saturated heterocycles. The van der Waals surface area contributed by atoms with Crippen LogP contribution < -0.4 is 0 Å². The summed E-state index contributed by atoms with van der Waals surface area (Å²) in [5, 5.41) is 16.3. The molecule has 23 heavy (non-hydrogen) atoms. The Hall–Kier alpha value is -2.88. The van der Waals surface area contributed by atoms with E-state index in [4.69, 9.17) is 5.26 Å². The minimum Gasteiger partial charge on any atom is -0.278 e. The van der Waals surface area contributed by atoms with Gasteiger partial charge in [-0.1, -0.05) is 24.3 Å². The third kappa shape index (κ3) is 2.63. The van der Waals surface area contributed by atoms with Gasteiger partial charge in [-0.25, -0.2) is 8.78 Å². The van der Waals surface area contributed by atoms with E-state index in [0.717, 1.165) is 11.1 Å². The molecule has 2 heterocycles. The number of aromatic nitrogens is 4. The second-order valence-electron chi connectivity index (χ2n) is 5.67. The van der Waals surface area contributed by atoms with Crippen molar-refractivity contribution in [3.05, 3.63) is 48.0 Å². The van der Waals surface area contributed by atoms with Crippen LogP contribution in [0.15, 0.2) is 36.7 Å². The molecule has 5 nitrogen and oxygen atoms in total. The molecule has 1 aromatic carbocycles. The monoisotopic (exact) mass is 313 g/mol. The summed E-state index contributed by atoms with van der Waals surface area (Å²) in [7, 11) is 0. The highest BCUT2D eigenvalue weighted by molar-refractivity contribution is 5.60. The number of nitriles is 1. The van der Waals surface area contributed by atoms with Crippen LogP contribution in [-0.2, 0) is 5.41 Å². The lowest BCUT2D eigenvalue weighted by atomic mass is 9.86. The molecule has 0 aliphatic rings. The molecule has 116 valence electrons. The number of nitrogens with zero attached hydrogens (tertiary/aromatic N) is 5. The van der Waals surface area contributed by atoms with E-state index in [1.165, 1.54) is 16.8 Å². The first kappa shape index (κ1) is 15.0. The lowest BCUT2D eigenvalue weighted by Gasteiger charge is -2.15. The van der Waals surface area contributed by atoms with Gasteiger partial charge in [0, 0.05) is 11.8 Å². The van der Waals surface area contributed by atoms with Gasteiger partial charge in [0.1, 0.15) is 0 Å². The van der Waals surface area contributed by atoms with Crippen molar-refractivity contribution in [3.63, 3.8) is 0 Å². The van der Waals surface area contributed by atoms with Crippen molar-refractivity contribution in [1.29, 1.82) is 5.26 Å². The molecule has 0 spiro atoms. The van der Waals surface area contributed by atoms with Gasteiger partial charge < -0.3 is 0 Å². The molecule has 0 amide bonds. The van der Waals surface area contributed by atoms with E-state index in [1.807, 2.05) is 38.1 Å². The molecule has 0 atom stereocenters. The average Bonchev–Trinajstić information content (AvgIpc) is 2.98. The molecule has 0 radical (unpaired) electrons. The number of hydrogen-bond donors (Lipinski definition) is 0. The second-order valence-corrected chi connectivity index (χ2v) is 5.67. The Kier molecular flexibility index (Phi) is 3.52. The zero-order valence-corrected chi connectivity index (χ0v) is 12.5. The Bertz CT molecular complexity index is 891. The van der Waals surface area contributed by atoms with Crippen molar-refractivity contribution in [2.45, 2.75) is 25.7 Å². The fraction of sp³-hybridized carbons (Fsp3) is 0.250. The Labute approximate surface area is 131 Å². The Morgan fingerprint density at radius 2 is 1.87 bits per heavy atom. The fourth-order valence-corrected chi connectivity index (χ4v) is 2.24. The normalized spacial score (nSPS) is 11.8. The van der Waals surface area contributed by atoms with E-state index in [-0.39, 0.29) is 5.65 Å². The maximum Gasteiger partial charge on any atom is 0.297 e. The standard InChI is InChI=1S/C16H13F2N5/c1-16(2,9-19)11-5-3-10(4-6-11)12-8-23-13(7-20-12)21-22-15(23)14(17)18/h3-8,14H,1-2H3. The Morgan fingerprint density at radius 3 is 2.48 bits per heavy atom. The van der Waals surface area contributed by atoms with Crippen molar-refractivity contribution >= 4 is 5.65 Å². The third-order valence-electron chi connectivity index (χ3n) is 3.70. The summed E-state index contributed by atoms with van der Waals surface area (Å²) in [4.78, 5) is 4.23. The Balaban J connectivity index is 2.03. The minimum atomic E-state index is -2.71. The van der Waals surface area contributed by atoms with Crippen LogP contribution in [0.25, 0.3) is 16.9 Å². The maximum absolute atomic E-state index is 12.9. The minimum absolute atomic E-state index is 0.270. The van der Waals surface area contributed by atoms with Crippen molar-refractivity contribution in [2.24, 2.45) is 0 Å². The topological polar surface area (TPSA) is 66.9 Å². The number of fused-ring (bicyclic) bond motifs is 1. The van der Waals surface area contributed by atoms with E-state index >= 15 is 0 Å². The molecule has 0 N–H and O–H groups in total. The average molecular weight is 313 g/mol. The van der Waals surface area contributed by atoms with Crippen LogP contribution in [0.5, 0.6) is 0 Å². The van der Waals surface area contributed by atoms with Gasteiger partial charge in [0.2, 0.25) is 5.82 Å². The van der Waals surface area contributed by atoms with Crippen molar-refractivity contribution in [1.82, 2.24) is 19.6 Å². The first-order valence-corrected chi connectivity index (χ1v) is 6.93. The number of alkyl halides is 2. The van der Waals surface area contributed by atoms with E-state index in [0.29, 0.717) is 5.69 Å². The van der Waals surface area contributed by atoms with Gasteiger partial charge in [-0.3, -0.25) is 9.38 Å². The first-order chi connectivity index (χ1) is 10.9. The molecule has 0 fully saturated rings. The molecule has 0 aliphatic heterocycles. The summed E-state index contributed by atoms with van der Waals surface area (Å²) in [6.45, 7) is 3.66. The quantitative estimate of drug-likeness (QED) is 0.742. The first-order valence-electron chi connectivity index (χ1n) is 6.93. The Morgan fingerprint density at radius 1 is 1.17 bits per heavy atom. The summed E-state index contributed by atoms with van der Waals surface area (Å²) in [6, 6.07) is 9.54. The second kappa shape index (κ2) is 5.39. The number of halogens is 2. The van der Waals surface area contributed by atoms with E-state index in [9.17, 15) is 8.78 Å². The van der Waals surface area contributed by atoms with Crippen molar-refractivity contribution in [2.75, 3.05) is 0 Å². The third-order valence-corrected chi connectivity index (χ3v) is 3.70. The van der Waals surface area contributed by atoms with E-state index in [2.05, 4.69) is 21.3 Å². The van der Waals surface area contributed by atoms with Crippen molar-refractivity contribution in [3.8, 4) is 17.3 Å². The molecule has 0 unspecified atom stereocenters. The number of hydrogen-bond acceptors (Lipinski definition) is 4. The molecule has 7 heteroatoms. The van der Waals surface area contributed by atoms with Gasteiger partial charge >= 0.3 is 0 Å². The molecule has 0 bridgehead atoms. The lowest BCUT2D eigenvalue weighted by molar-refractivity contribution is 0.139. The molecular formula is C16H13F2N5. The van der Waals surface area contributed by atoms with E-state index < -0.39 is 17.7 Å². The van der Waals surface area contributed by atoms with Crippen LogP contribution >= 0.6 is 0 Å². The molecule has 0 saturated carbocycles. The number of rotatable bonds is 3. The largest absolute Gasteiger partial charge is 0.297 e.